The standard InChI is InChI=1S/C14H27N2S/c1-4-9-16(10-5-2)11-12-13(15-16)7-6-8-14(12)17-3/h12,14H,4-11H2,1-3H3/q+1. The Morgan fingerprint density at radius 1 is 1.29 bits per heavy atom. The molecule has 1 saturated carbocycles. The number of quaternary nitrogens is 1. The Hall–Kier alpha value is -0.0200. The number of thioether (sulfide) groups is 1. The molecule has 2 unspecified atom stereocenters. The summed E-state index contributed by atoms with van der Waals surface area (Å²) < 4.78 is 1.05. The fourth-order valence-corrected chi connectivity index (χ4v) is 4.60. The molecule has 98 valence electrons. The van der Waals surface area contributed by atoms with Crippen molar-refractivity contribution in [2.45, 2.75) is 51.2 Å². The summed E-state index contributed by atoms with van der Waals surface area (Å²) in [7, 11) is 0. The summed E-state index contributed by atoms with van der Waals surface area (Å²) in [5.41, 5.74) is 1.55. The van der Waals surface area contributed by atoms with Crippen LogP contribution in [0.1, 0.15) is 46.0 Å². The molecule has 17 heavy (non-hydrogen) atoms. The zero-order chi connectivity index (χ0) is 12.3. The second-order valence-electron chi connectivity index (χ2n) is 5.59. The van der Waals surface area contributed by atoms with Crippen LogP contribution in [0.25, 0.3) is 0 Å². The van der Waals surface area contributed by atoms with Crippen molar-refractivity contribution in [2.75, 3.05) is 25.9 Å². The summed E-state index contributed by atoms with van der Waals surface area (Å²) >= 11 is 2.07. The van der Waals surface area contributed by atoms with Gasteiger partial charge in [-0.1, -0.05) is 18.9 Å². The predicted molar refractivity (Wildman–Crippen MR) is 77.5 cm³/mol. The summed E-state index contributed by atoms with van der Waals surface area (Å²) in [6, 6.07) is 0. The zero-order valence-corrected chi connectivity index (χ0v) is 12.4. The number of hydrogen-bond acceptors (Lipinski definition) is 2. The fraction of sp³-hybridized carbons (Fsp3) is 0.929. The molecule has 3 heteroatoms. The monoisotopic (exact) mass is 255 g/mol. The van der Waals surface area contributed by atoms with Gasteiger partial charge in [-0.05, 0) is 38.4 Å². The van der Waals surface area contributed by atoms with Gasteiger partial charge in [0.05, 0.1) is 11.6 Å². The quantitative estimate of drug-likeness (QED) is 0.685. The van der Waals surface area contributed by atoms with Crippen molar-refractivity contribution in [3.05, 3.63) is 0 Å². The van der Waals surface area contributed by atoms with Crippen LogP contribution in [0, 0.1) is 5.92 Å². The molecule has 0 radical (unpaired) electrons. The third-order valence-electron chi connectivity index (χ3n) is 4.26. The van der Waals surface area contributed by atoms with Crippen LogP contribution >= 0.6 is 11.8 Å². The van der Waals surface area contributed by atoms with Gasteiger partial charge in [-0.15, -0.1) is 0 Å². The maximum atomic E-state index is 5.16. The van der Waals surface area contributed by atoms with Crippen molar-refractivity contribution in [1.82, 2.24) is 0 Å². The molecule has 2 nitrogen and oxygen atoms in total. The molecule has 1 aliphatic carbocycles. The Bertz CT molecular complexity index is 282. The lowest BCUT2D eigenvalue weighted by molar-refractivity contribution is -0.931. The van der Waals surface area contributed by atoms with Crippen LogP contribution in [-0.4, -0.2) is 41.4 Å². The molecule has 0 aromatic carbocycles. The first-order valence-electron chi connectivity index (χ1n) is 7.22. The lowest BCUT2D eigenvalue weighted by Gasteiger charge is -2.31. The Kier molecular flexibility index (Phi) is 4.53. The largest absolute Gasteiger partial charge is 0.197 e. The van der Waals surface area contributed by atoms with Crippen LogP contribution < -0.4 is 0 Å². The van der Waals surface area contributed by atoms with Crippen molar-refractivity contribution in [2.24, 2.45) is 11.0 Å². The van der Waals surface area contributed by atoms with E-state index >= 15 is 0 Å². The van der Waals surface area contributed by atoms with E-state index in [9.17, 15) is 0 Å². The molecule has 0 saturated heterocycles. The lowest BCUT2D eigenvalue weighted by Crippen LogP contribution is -2.45. The third-order valence-corrected chi connectivity index (χ3v) is 5.43. The van der Waals surface area contributed by atoms with Gasteiger partial charge in [0, 0.05) is 5.25 Å². The molecule has 1 fully saturated rings. The van der Waals surface area contributed by atoms with E-state index in [-0.39, 0.29) is 0 Å². The summed E-state index contributed by atoms with van der Waals surface area (Å²) in [4.78, 5) is 0. The first-order chi connectivity index (χ1) is 8.24. The van der Waals surface area contributed by atoms with Crippen molar-refractivity contribution < 1.29 is 4.59 Å². The number of nitrogens with zero attached hydrogens (tertiary/aromatic N) is 2. The molecule has 0 bridgehead atoms. The smallest absolute Gasteiger partial charge is 0.112 e. The van der Waals surface area contributed by atoms with E-state index in [0.29, 0.717) is 0 Å². The molecule has 0 N–H and O–H groups in total. The van der Waals surface area contributed by atoms with E-state index in [1.54, 1.807) is 5.71 Å². The third kappa shape index (κ3) is 2.70. The highest BCUT2D eigenvalue weighted by Gasteiger charge is 2.45. The summed E-state index contributed by atoms with van der Waals surface area (Å²) in [5, 5.41) is 6.00. The molecule has 0 amide bonds. The molecular weight excluding hydrogens is 228 g/mol. The molecule has 2 atom stereocenters. The van der Waals surface area contributed by atoms with Gasteiger partial charge in [-0.25, -0.2) is 0 Å². The van der Waals surface area contributed by atoms with E-state index in [0.717, 1.165) is 15.8 Å². The van der Waals surface area contributed by atoms with Crippen molar-refractivity contribution in [3.63, 3.8) is 0 Å². The summed E-state index contributed by atoms with van der Waals surface area (Å²) in [6.07, 6.45) is 8.83. The van der Waals surface area contributed by atoms with Crippen LogP contribution in [0.15, 0.2) is 5.10 Å². The van der Waals surface area contributed by atoms with Crippen LogP contribution in [0.2, 0.25) is 0 Å². The lowest BCUT2D eigenvalue weighted by atomic mass is 9.87. The van der Waals surface area contributed by atoms with Gasteiger partial charge in [-0.2, -0.15) is 16.4 Å². The highest BCUT2D eigenvalue weighted by atomic mass is 32.2. The van der Waals surface area contributed by atoms with Crippen molar-refractivity contribution in [3.8, 4) is 0 Å². The predicted octanol–water partition coefficient (Wildman–Crippen LogP) is 3.52. The molecule has 0 spiro atoms. The summed E-state index contributed by atoms with van der Waals surface area (Å²) in [5.74, 6) is 0.789. The Morgan fingerprint density at radius 2 is 2.00 bits per heavy atom. The highest BCUT2D eigenvalue weighted by Crippen LogP contribution is 2.37. The SMILES string of the molecule is CCC[N+]1(CCC)CC2C(=N1)CCCC2SC. The number of fused-ring (bicyclic) bond motifs is 1. The van der Waals surface area contributed by atoms with E-state index in [1.165, 1.54) is 51.7 Å². The first kappa shape index (κ1) is 13.4. The van der Waals surface area contributed by atoms with Crippen molar-refractivity contribution in [1.29, 1.82) is 0 Å². The minimum Gasteiger partial charge on any atom is -0.197 e. The molecule has 0 aromatic rings. The Morgan fingerprint density at radius 3 is 2.59 bits per heavy atom. The van der Waals surface area contributed by atoms with E-state index in [2.05, 4.69) is 31.9 Å². The van der Waals surface area contributed by atoms with Gasteiger partial charge in [-0.3, -0.25) is 0 Å². The molecular formula is C14H27N2S+. The first-order valence-corrected chi connectivity index (χ1v) is 8.51. The highest BCUT2D eigenvalue weighted by molar-refractivity contribution is 7.99. The van der Waals surface area contributed by atoms with Crippen LogP contribution in [0.3, 0.4) is 0 Å². The molecule has 1 heterocycles. The normalized spacial score (nSPS) is 31.1. The van der Waals surface area contributed by atoms with Gasteiger partial charge in [0.15, 0.2) is 0 Å². The summed E-state index contributed by atoms with van der Waals surface area (Å²) in [6.45, 7) is 8.38. The van der Waals surface area contributed by atoms with Crippen LogP contribution in [0.5, 0.6) is 0 Å². The van der Waals surface area contributed by atoms with Crippen LogP contribution in [0.4, 0.5) is 0 Å². The Balaban J connectivity index is 2.15. The maximum Gasteiger partial charge on any atom is 0.112 e. The zero-order valence-electron chi connectivity index (χ0n) is 11.6. The average Bonchev–Trinajstić information content (AvgIpc) is 2.67. The molecule has 1 aliphatic heterocycles. The molecule has 0 aromatic heterocycles. The second kappa shape index (κ2) is 5.75. The molecule has 2 rings (SSSR count). The average molecular weight is 255 g/mol. The van der Waals surface area contributed by atoms with E-state index < -0.39 is 0 Å². The maximum absolute atomic E-state index is 5.16. The minimum atomic E-state index is 0.789. The topological polar surface area (TPSA) is 12.4 Å². The van der Waals surface area contributed by atoms with Gasteiger partial charge in [0.1, 0.15) is 19.6 Å². The number of rotatable bonds is 5. The van der Waals surface area contributed by atoms with Crippen molar-refractivity contribution >= 4 is 17.5 Å². The van der Waals surface area contributed by atoms with E-state index in [4.69, 9.17) is 5.10 Å². The van der Waals surface area contributed by atoms with Gasteiger partial charge < -0.3 is 0 Å². The van der Waals surface area contributed by atoms with Gasteiger partial charge >= 0.3 is 0 Å². The van der Waals surface area contributed by atoms with Crippen LogP contribution in [-0.2, 0) is 0 Å². The van der Waals surface area contributed by atoms with Gasteiger partial charge in [0.2, 0.25) is 0 Å². The van der Waals surface area contributed by atoms with E-state index in [1.807, 2.05) is 0 Å². The Labute approximate surface area is 110 Å². The van der Waals surface area contributed by atoms with Gasteiger partial charge in [0.25, 0.3) is 0 Å². The second-order valence-corrected chi connectivity index (χ2v) is 6.67. The number of hydrogen-bond donors (Lipinski definition) is 0. The molecule has 2 aliphatic rings. The minimum absolute atomic E-state index is 0.789. The fourth-order valence-electron chi connectivity index (χ4n) is 3.62.